The summed E-state index contributed by atoms with van der Waals surface area (Å²) in [5, 5.41) is 34.3. The van der Waals surface area contributed by atoms with Crippen molar-refractivity contribution in [1.29, 1.82) is 15.8 Å². The first kappa shape index (κ1) is 13.9. The van der Waals surface area contributed by atoms with Gasteiger partial charge in [-0.25, -0.2) is 0 Å². The van der Waals surface area contributed by atoms with Crippen LogP contribution in [0.5, 0.6) is 0 Å². The van der Waals surface area contributed by atoms with Gasteiger partial charge in [-0.2, -0.15) is 26.0 Å². The molecule has 2 aromatic rings. The second kappa shape index (κ2) is 5.77. The lowest BCUT2D eigenvalue weighted by molar-refractivity contribution is 0.771. The zero-order chi connectivity index (χ0) is 16.2. The van der Waals surface area contributed by atoms with Crippen LogP contribution >= 0.6 is 0 Å². The van der Waals surface area contributed by atoms with E-state index in [9.17, 15) is 0 Å². The number of nitrogens with zero attached hydrogens (tertiary/aromatic N) is 6. The highest BCUT2D eigenvalue weighted by molar-refractivity contribution is 6.00. The van der Waals surface area contributed by atoms with Crippen molar-refractivity contribution in [2.75, 3.05) is 10.2 Å². The molecule has 0 saturated carbocycles. The first-order valence-corrected chi connectivity index (χ1v) is 6.61. The van der Waals surface area contributed by atoms with Crippen LogP contribution in [0.4, 0.5) is 11.4 Å². The maximum Gasteiger partial charge on any atom is 0.247 e. The van der Waals surface area contributed by atoms with Crippen LogP contribution < -0.4 is 15.7 Å². The Morgan fingerprint density at radius 3 is 2.04 bits per heavy atom. The summed E-state index contributed by atoms with van der Waals surface area (Å²) in [6.45, 7) is 0. The normalized spacial score (nSPS) is 12.7. The molecule has 0 fully saturated rings. The van der Waals surface area contributed by atoms with Crippen molar-refractivity contribution in [3.05, 3.63) is 59.7 Å². The van der Waals surface area contributed by atoms with Gasteiger partial charge >= 0.3 is 0 Å². The van der Waals surface area contributed by atoms with Gasteiger partial charge in [0.25, 0.3) is 0 Å². The summed E-state index contributed by atoms with van der Waals surface area (Å²) in [6, 6.07) is 19.8. The van der Waals surface area contributed by atoms with Crippen molar-refractivity contribution in [2.24, 2.45) is 5.10 Å². The van der Waals surface area contributed by atoms with Crippen LogP contribution in [-0.2, 0) is 0 Å². The molecule has 0 amide bonds. The molecule has 7 heteroatoms. The Balaban J connectivity index is 2.04. The van der Waals surface area contributed by atoms with Gasteiger partial charge in [0.2, 0.25) is 5.84 Å². The van der Waals surface area contributed by atoms with Crippen molar-refractivity contribution >= 4 is 17.2 Å². The highest BCUT2D eigenvalue weighted by Crippen LogP contribution is 2.25. The summed E-state index contributed by atoms with van der Waals surface area (Å²) in [6.07, 6.45) is 0. The molecule has 0 radical (unpaired) electrons. The van der Waals surface area contributed by atoms with Gasteiger partial charge in [-0.15, -0.1) is 5.10 Å². The molecular formula is C16H9N7. The maximum atomic E-state index is 9.10. The number of rotatable bonds is 2. The minimum absolute atomic E-state index is 0.106. The molecule has 3 rings (SSSR count). The molecule has 0 saturated heterocycles. The fourth-order valence-corrected chi connectivity index (χ4v) is 2.11. The van der Waals surface area contributed by atoms with Gasteiger partial charge in [0.05, 0.1) is 34.6 Å². The van der Waals surface area contributed by atoms with Crippen molar-refractivity contribution < 1.29 is 0 Å². The third kappa shape index (κ3) is 2.61. The SMILES string of the molecule is N#CC1=NN(c2cccc(C#N)c2)N(c2cccc(C#N)c2)N1. The molecule has 0 spiro atoms. The molecule has 1 heterocycles. The molecule has 0 aromatic heterocycles. The zero-order valence-electron chi connectivity index (χ0n) is 11.8. The Hall–Kier alpha value is -4.02. The fraction of sp³-hybridized carbons (Fsp3) is 0. The Bertz CT molecular complexity index is 911. The quantitative estimate of drug-likeness (QED) is 0.910. The van der Waals surface area contributed by atoms with Crippen molar-refractivity contribution in [2.45, 2.75) is 0 Å². The number of nitrogens with one attached hydrogen (secondary N) is 1. The lowest BCUT2D eigenvalue weighted by Gasteiger charge is -2.27. The Kier molecular flexibility index (Phi) is 3.50. The highest BCUT2D eigenvalue weighted by Gasteiger charge is 2.25. The summed E-state index contributed by atoms with van der Waals surface area (Å²) < 4.78 is 0. The number of amidine groups is 1. The van der Waals surface area contributed by atoms with Crippen molar-refractivity contribution in [1.82, 2.24) is 5.43 Å². The first-order chi connectivity index (χ1) is 11.2. The Morgan fingerprint density at radius 2 is 1.43 bits per heavy atom. The summed E-state index contributed by atoms with van der Waals surface area (Å²) >= 11 is 0. The van der Waals surface area contributed by atoms with Gasteiger partial charge in [0.1, 0.15) is 6.07 Å². The van der Waals surface area contributed by atoms with E-state index in [4.69, 9.17) is 15.8 Å². The largest absolute Gasteiger partial charge is 0.250 e. The standard InChI is InChI=1S/C16H9N7/c17-9-12-3-1-5-14(7-12)22-20-16(11-19)21-23(22)15-6-2-4-13(8-15)10-18/h1-8H,(H,20,21). The average Bonchev–Trinajstić information content (AvgIpc) is 3.06. The van der Waals surface area contributed by atoms with Gasteiger partial charge in [-0.3, -0.25) is 5.43 Å². The fourth-order valence-electron chi connectivity index (χ4n) is 2.11. The number of hydrogen-bond donors (Lipinski definition) is 1. The third-order valence-corrected chi connectivity index (χ3v) is 3.13. The van der Waals surface area contributed by atoms with E-state index in [0.717, 1.165) is 0 Å². The van der Waals surface area contributed by atoms with Crippen LogP contribution in [0.1, 0.15) is 11.1 Å². The molecule has 108 valence electrons. The highest BCUT2D eigenvalue weighted by atomic mass is 15.9. The van der Waals surface area contributed by atoms with Crippen LogP contribution in [-0.4, -0.2) is 5.84 Å². The molecule has 0 unspecified atom stereocenters. The van der Waals surface area contributed by atoms with E-state index in [0.29, 0.717) is 22.5 Å². The van der Waals surface area contributed by atoms with E-state index in [2.05, 4.69) is 22.7 Å². The monoisotopic (exact) mass is 299 g/mol. The predicted octanol–water partition coefficient (Wildman–Crippen LogP) is 2.01. The molecule has 23 heavy (non-hydrogen) atoms. The summed E-state index contributed by atoms with van der Waals surface area (Å²) in [5.74, 6) is 0.106. The second-order valence-electron chi connectivity index (χ2n) is 4.60. The minimum Gasteiger partial charge on any atom is -0.250 e. The number of benzene rings is 2. The lowest BCUT2D eigenvalue weighted by Crippen LogP contribution is -2.44. The Morgan fingerprint density at radius 1 is 0.826 bits per heavy atom. The summed E-state index contributed by atoms with van der Waals surface area (Å²) in [5.41, 5.74) is 5.07. The lowest BCUT2D eigenvalue weighted by atomic mass is 10.2. The van der Waals surface area contributed by atoms with E-state index >= 15 is 0 Å². The van der Waals surface area contributed by atoms with Gasteiger partial charge < -0.3 is 0 Å². The van der Waals surface area contributed by atoms with E-state index in [1.54, 1.807) is 48.5 Å². The van der Waals surface area contributed by atoms with E-state index < -0.39 is 0 Å². The van der Waals surface area contributed by atoms with Crippen molar-refractivity contribution in [3.63, 3.8) is 0 Å². The molecule has 7 nitrogen and oxygen atoms in total. The summed E-state index contributed by atoms with van der Waals surface area (Å²) in [4.78, 5) is 0. The van der Waals surface area contributed by atoms with E-state index in [-0.39, 0.29) is 5.84 Å². The molecule has 0 atom stereocenters. The number of hydrazone groups is 1. The Labute approximate surface area is 132 Å². The molecule has 2 aromatic carbocycles. The van der Waals surface area contributed by atoms with Crippen LogP contribution in [0.3, 0.4) is 0 Å². The van der Waals surface area contributed by atoms with Gasteiger partial charge in [0, 0.05) is 0 Å². The van der Waals surface area contributed by atoms with E-state index in [1.807, 2.05) is 6.07 Å². The van der Waals surface area contributed by atoms with Crippen LogP contribution in [0.2, 0.25) is 0 Å². The topological polar surface area (TPSA) is 102 Å². The molecule has 1 aliphatic heterocycles. The smallest absolute Gasteiger partial charge is 0.247 e. The number of anilines is 2. The predicted molar refractivity (Wildman–Crippen MR) is 83.5 cm³/mol. The molecular weight excluding hydrogens is 290 g/mol. The number of hydrazine groups is 2. The third-order valence-electron chi connectivity index (χ3n) is 3.13. The van der Waals surface area contributed by atoms with Crippen LogP contribution in [0, 0.1) is 34.0 Å². The van der Waals surface area contributed by atoms with Gasteiger partial charge in [-0.1, -0.05) is 12.1 Å². The number of nitriles is 3. The summed E-state index contributed by atoms with van der Waals surface area (Å²) in [7, 11) is 0. The average molecular weight is 299 g/mol. The zero-order valence-corrected chi connectivity index (χ0v) is 11.8. The molecule has 1 aliphatic rings. The van der Waals surface area contributed by atoms with Crippen LogP contribution in [0.25, 0.3) is 0 Å². The number of hydrogen-bond acceptors (Lipinski definition) is 7. The maximum absolute atomic E-state index is 9.10. The molecule has 0 bridgehead atoms. The van der Waals surface area contributed by atoms with E-state index in [1.165, 1.54) is 10.2 Å². The van der Waals surface area contributed by atoms with Crippen LogP contribution in [0.15, 0.2) is 53.6 Å². The minimum atomic E-state index is 0.106. The van der Waals surface area contributed by atoms with Crippen molar-refractivity contribution in [3.8, 4) is 18.2 Å². The molecule has 0 aliphatic carbocycles. The van der Waals surface area contributed by atoms with Gasteiger partial charge in [0.15, 0.2) is 0 Å². The molecule has 1 N–H and O–H groups in total. The first-order valence-electron chi connectivity index (χ1n) is 6.61. The van der Waals surface area contributed by atoms with Gasteiger partial charge in [-0.05, 0) is 36.4 Å². The second-order valence-corrected chi connectivity index (χ2v) is 4.60.